The van der Waals surface area contributed by atoms with Crippen molar-refractivity contribution in [2.24, 2.45) is 7.05 Å². The van der Waals surface area contributed by atoms with Crippen LogP contribution in [-0.2, 0) is 13.5 Å². The van der Waals surface area contributed by atoms with Crippen LogP contribution in [0.15, 0.2) is 24.4 Å². The van der Waals surface area contributed by atoms with Gasteiger partial charge in [0, 0.05) is 13.2 Å². The lowest BCUT2D eigenvalue weighted by Gasteiger charge is -2.08. The molecule has 92 valence electrons. The fourth-order valence-corrected chi connectivity index (χ4v) is 1.80. The Morgan fingerprint density at radius 3 is 2.94 bits per heavy atom. The minimum absolute atomic E-state index is 0.228. The molecule has 2 rings (SSSR count). The second-order valence-electron chi connectivity index (χ2n) is 3.85. The third-order valence-electron chi connectivity index (χ3n) is 2.59. The van der Waals surface area contributed by atoms with E-state index in [9.17, 15) is 4.39 Å². The van der Waals surface area contributed by atoms with E-state index < -0.39 is 0 Å². The zero-order chi connectivity index (χ0) is 13.1. The van der Waals surface area contributed by atoms with Gasteiger partial charge in [0.2, 0.25) is 0 Å². The van der Waals surface area contributed by atoms with Gasteiger partial charge in [-0.3, -0.25) is 0 Å². The van der Waals surface area contributed by atoms with Gasteiger partial charge in [0.25, 0.3) is 0 Å². The number of aryl methyl sites for hydroxylation is 1. The highest BCUT2D eigenvalue weighted by atomic mass is 19.1. The van der Waals surface area contributed by atoms with Crippen LogP contribution in [0, 0.1) is 17.1 Å². The number of hydrogen-bond acceptors (Lipinski definition) is 3. The highest BCUT2D eigenvalue weighted by molar-refractivity contribution is 5.65. The molecule has 0 fully saturated rings. The van der Waals surface area contributed by atoms with Crippen LogP contribution in [0.4, 0.5) is 4.39 Å². The molecule has 0 saturated heterocycles. The van der Waals surface area contributed by atoms with Gasteiger partial charge < -0.3 is 9.30 Å². The summed E-state index contributed by atoms with van der Waals surface area (Å²) in [6, 6.07) is 6.30. The summed E-state index contributed by atoms with van der Waals surface area (Å²) in [6.07, 6.45) is 1.98. The van der Waals surface area contributed by atoms with Crippen molar-refractivity contribution in [3.8, 4) is 23.2 Å². The van der Waals surface area contributed by atoms with Crippen LogP contribution >= 0.6 is 0 Å². The van der Waals surface area contributed by atoms with Gasteiger partial charge in [0.15, 0.2) is 0 Å². The molecule has 1 aromatic heterocycles. The standard InChI is InChI=1S/C13H12FN3O/c1-17-8-10(5-6-15)16-13(17)11-7-9(14)3-4-12(11)18-2/h3-4,7-8H,5H2,1-2H3. The maximum absolute atomic E-state index is 13.3. The molecule has 0 saturated carbocycles. The van der Waals surface area contributed by atoms with Crippen molar-refractivity contribution in [1.82, 2.24) is 9.55 Å². The lowest BCUT2D eigenvalue weighted by Crippen LogP contribution is -1.95. The fraction of sp³-hybridized carbons (Fsp3) is 0.231. The second-order valence-corrected chi connectivity index (χ2v) is 3.85. The van der Waals surface area contributed by atoms with E-state index >= 15 is 0 Å². The van der Waals surface area contributed by atoms with Crippen LogP contribution in [0.3, 0.4) is 0 Å². The summed E-state index contributed by atoms with van der Waals surface area (Å²) < 4.78 is 20.3. The zero-order valence-corrected chi connectivity index (χ0v) is 10.1. The predicted octanol–water partition coefficient (Wildman–Crippen LogP) is 2.30. The summed E-state index contributed by atoms with van der Waals surface area (Å²) in [5.74, 6) is 0.779. The van der Waals surface area contributed by atoms with Crippen molar-refractivity contribution in [1.29, 1.82) is 5.26 Å². The molecule has 0 radical (unpaired) electrons. The van der Waals surface area contributed by atoms with Gasteiger partial charge in [0.05, 0.1) is 30.9 Å². The van der Waals surface area contributed by atoms with Crippen LogP contribution in [-0.4, -0.2) is 16.7 Å². The predicted molar refractivity (Wildman–Crippen MR) is 64.5 cm³/mol. The van der Waals surface area contributed by atoms with Gasteiger partial charge in [-0.2, -0.15) is 5.26 Å². The minimum Gasteiger partial charge on any atom is -0.496 e. The highest BCUT2D eigenvalue weighted by Gasteiger charge is 2.13. The Labute approximate surface area is 104 Å². The minimum atomic E-state index is -0.351. The first-order valence-corrected chi connectivity index (χ1v) is 5.39. The number of hydrogen-bond donors (Lipinski definition) is 0. The van der Waals surface area contributed by atoms with E-state index in [4.69, 9.17) is 10.00 Å². The topological polar surface area (TPSA) is 50.8 Å². The van der Waals surface area contributed by atoms with Gasteiger partial charge in [-0.1, -0.05) is 0 Å². The number of halogens is 1. The number of aromatic nitrogens is 2. The molecule has 0 atom stereocenters. The second kappa shape index (κ2) is 4.88. The van der Waals surface area contributed by atoms with Crippen LogP contribution in [0.2, 0.25) is 0 Å². The zero-order valence-electron chi connectivity index (χ0n) is 10.1. The number of rotatable bonds is 3. The molecule has 0 aliphatic carbocycles. The van der Waals surface area contributed by atoms with E-state index in [1.165, 1.54) is 19.2 Å². The first kappa shape index (κ1) is 12.1. The summed E-state index contributed by atoms with van der Waals surface area (Å²) in [4.78, 5) is 4.31. The van der Waals surface area contributed by atoms with Gasteiger partial charge in [-0.05, 0) is 18.2 Å². The summed E-state index contributed by atoms with van der Waals surface area (Å²) in [7, 11) is 3.32. The summed E-state index contributed by atoms with van der Waals surface area (Å²) >= 11 is 0. The van der Waals surface area contributed by atoms with Gasteiger partial charge in [-0.15, -0.1) is 0 Å². The quantitative estimate of drug-likeness (QED) is 0.833. The van der Waals surface area contributed by atoms with Gasteiger partial charge >= 0.3 is 0 Å². The molecule has 0 aliphatic rings. The average Bonchev–Trinajstić information content (AvgIpc) is 2.70. The number of nitrogens with zero attached hydrogens (tertiary/aromatic N) is 3. The maximum atomic E-state index is 13.3. The Bertz CT molecular complexity index is 613. The molecule has 5 heteroatoms. The molecule has 1 heterocycles. The molecule has 0 N–H and O–H groups in total. The van der Waals surface area contributed by atoms with Gasteiger partial charge in [0.1, 0.15) is 17.4 Å². The SMILES string of the molecule is COc1ccc(F)cc1-c1nc(CC#N)cn1C. The molecular formula is C13H12FN3O. The van der Waals surface area contributed by atoms with Crippen LogP contribution in [0.25, 0.3) is 11.4 Å². The van der Waals surface area contributed by atoms with Gasteiger partial charge in [-0.25, -0.2) is 9.37 Å². The summed E-state index contributed by atoms with van der Waals surface area (Å²) in [5.41, 5.74) is 1.23. The largest absolute Gasteiger partial charge is 0.496 e. The number of imidazole rings is 1. The third kappa shape index (κ3) is 2.18. The molecule has 18 heavy (non-hydrogen) atoms. The Balaban J connectivity index is 2.54. The Kier molecular flexibility index (Phi) is 3.28. The van der Waals surface area contributed by atoms with E-state index in [-0.39, 0.29) is 12.2 Å². The lowest BCUT2D eigenvalue weighted by atomic mass is 10.2. The third-order valence-corrected chi connectivity index (χ3v) is 2.59. The normalized spacial score (nSPS) is 10.1. The summed E-state index contributed by atoms with van der Waals surface area (Å²) in [6.45, 7) is 0. The van der Waals surface area contributed by atoms with E-state index in [1.807, 2.05) is 6.07 Å². The van der Waals surface area contributed by atoms with Crippen molar-refractivity contribution in [2.45, 2.75) is 6.42 Å². The number of benzene rings is 1. The Morgan fingerprint density at radius 2 is 2.28 bits per heavy atom. The summed E-state index contributed by atoms with van der Waals surface area (Å²) in [5, 5.41) is 8.65. The fourth-order valence-electron chi connectivity index (χ4n) is 1.80. The number of nitriles is 1. The molecule has 0 bridgehead atoms. The maximum Gasteiger partial charge on any atom is 0.143 e. The smallest absolute Gasteiger partial charge is 0.143 e. The molecule has 1 aromatic carbocycles. The van der Waals surface area contributed by atoms with E-state index in [0.29, 0.717) is 22.8 Å². The van der Waals surface area contributed by atoms with Crippen molar-refractivity contribution in [2.75, 3.05) is 7.11 Å². The highest BCUT2D eigenvalue weighted by Crippen LogP contribution is 2.29. The van der Waals surface area contributed by atoms with E-state index in [2.05, 4.69) is 4.98 Å². The molecule has 2 aromatic rings. The van der Waals surface area contributed by atoms with E-state index in [1.54, 1.807) is 23.9 Å². The van der Waals surface area contributed by atoms with Crippen molar-refractivity contribution >= 4 is 0 Å². The van der Waals surface area contributed by atoms with Crippen molar-refractivity contribution < 1.29 is 9.13 Å². The first-order chi connectivity index (χ1) is 8.65. The average molecular weight is 245 g/mol. The molecule has 0 spiro atoms. The lowest BCUT2D eigenvalue weighted by molar-refractivity contribution is 0.415. The van der Waals surface area contributed by atoms with Crippen molar-refractivity contribution in [3.63, 3.8) is 0 Å². The Morgan fingerprint density at radius 1 is 1.50 bits per heavy atom. The van der Waals surface area contributed by atoms with E-state index in [0.717, 1.165) is 0 Å². The van der Waals surface area contributed by atoms with Crippen LogP contribution in [0.5, 0.6) is 5.75 Å². The molecule has 0 unspecified atom stereocenters. The van der Waals surface area contributed by atoms with Crippen molar-refractivity contribution in [3.05, 3.63) is 35.9 Å². The molecule has 4 nitrogen and oxygen atoms in total. The molecule has 0 amide bonds. The molecular weight excluding hydrogens is 233 g/mol. The monoisotopic (exact) mass is 245 g/mol. The molecule has 0 aliphatic heterocycles. The van der Waals surface area contributed by atoms with Crippen LogP contribution in [0.1, 0.15) is 5.69 Å². The Hall–Kier alpha value is -2.35. The number of methoxy groups -OCH3 is 1. The first-order valence-electron chi connectivity index (χ1n) is 5.39. The number of ether oxygens (including phenoxy) is 1. The van der Waals surface area contributed by atoms with Crippen LogP contribution < -0.4 is 4.74 Å².